The molecule has 0 unspecified atom stereocenters. The van der Waals surface area contributed by atoms with Gasteiger partial charge >= 0.3 is 5.97 Å². The van der Waals surface area contributed by atoms with Gasteiger partial charge in [0, 0.05) is 51.1 Å². The predicted molar refractivity (Wildman–Crippen MR) is 169 cm³/mol. The molecule has 12 heteroatoms. The molecule has 0 atom stereocenters. The summed E-state index contributed by atoms with van der Waals surface area (Å²) in [6.45, 7) is 16.2. The average molecular weight is 616 g/mol. The number of methoxy groups -OCH3 is 1. The third kappa shape index (κ3) is 7.63. The number of hydrogen-bond donors (Lipinski definition) is 0. The smallest absolute Gasteiger partial charge is 0.337 e. The Morgan fingerprint density at radius 2 is 1.90 bits per heavy atom. The van der Waals surface area contributed by atoms with Crippen molar-refractivity contribution >= 4 is 48.7 Å². The van der Waals surface area contributed by atoms with Crippen LogP contribution in [0.2, 0.25) is 25.7 Å². The Hall–Kier alpha value is -2.67. The highest BCUT2D eigenvalue weighted by atomic mass is 32.2. The highest BCUT2D eigenvalue weighted by molar-refractivity contribution is 8.00. The number of hydrogen-bond acceptors (Lipinski definition) is 8. The summed E-state index contributed by atoms with van der Waals surface area (Å²) in [5.41, 5.74) is 3.27. The number of carbonyl (C=O) groups is 2. The zero-order valence-corrected chi connectivity index (χ0v) is 27.9. The maximum absolute atomic E-state index is 14.2. The van der Waals surface area contributed by atoms with Gasteiger partial charge in [-0.3, -0.25) is 14.4 Å². The molecule has 1 amide bonds. The van der Waals surface area contributed by atoms with E-state index < -0.39 is 14.0 Å². The molecule has 2 aromatic heterocycles. The largest absolute Gasteiger partial charge is 0.465 e. The molecule has 0 spiro atoms. The van der Waals surface area contributed by atoms with E-state index in [2.05, 4.69) is 36.2 Å². The fraction of sp³-hybridized carbons (Fsp3) is 0.600. The lowest BCUT2D eigenvalue weighted by atomic mass is 10.2. The van der Waals surface area contributed by atoms with Crippen molar-refractivity contribution in [2.45, 2.75) is 89.0 Å². The SMILES string of the molecule is CCCn1c(N(COCC[Si](C)(C)C)C(=O)c2cc(C)nn2CC)nc2cc(C(=O)OC)cc(SC3CCOCC3)c21. The van der Waals surface area contributed by atoms with Crippen LogP contribution in [0, 0.1) is 6.92 Å². The molecule has 0 saturated carbocycles. The van der Waals surface area contributed by atoms with Crippen LogP contribution in [0.25, 0.3) is 11.0 Å². The number of aromatic nitrogens is 4. The van der Waals surface area contributed by atoms with Gasteiger partial charge < -0.3 is 18.8 Å². The first kappa shape index (κ1) is 32.2. The standard InChI is InChI=1S/C30H45N5O5SSi/c1-8-12-33-27-24(18-22(29(37)38-4)19-26(27)41-23-10-13-39-14-11-23)31-30(33)34(20-40-15-16-42(5,6)7)28(36)25-17-21(3)32-35(25)9-2/h17-19,23H,8-16,20H2,1-7H3. The highest BCUT2D eigenvalue weighted by Crippen LogP contribution is 2.38. The lowest BCUT2D eigenvalue weighted by Gasteiger charge is -2.25. The molecule has 42 heavy (non-hydrogen) atoms. The van der Waals surface area contributed by atoms with E-state index in [1.807, 2.05) is 26.0 Å². The molecule has 3 aromatic rings. The number of anilines is 1. The van der Waals surface area contributed by atoms with Gasteiger partial charge in [0.15, 0.2) is 0 Å². The minimum Gasteiger partial charge on any atom is -0.465 e. The summed E-state index contributed by atoms with van der Waals surface area (Å²) in [5.74, 6) is -0.130. The van der Waals surface area contributed by atoms with Gasteiger partial charge in [0.2, 0.25) is 5.95 Å². The quantitative estimate of drug-likeness (QED) is 0.100. The molecular weight excluding hydrogens is 571 g/mol. The normalized spacial score (nSPS) is 14.5. The molecule has 1 aromatic carbocycles. The number of esters is 1. The Bertz CT molecular complexity index is 1390. The van der Waals surface area contributed by atoms with E-state index in [4.69, 9.17) is 19.2 Å². The van der Waals surface area contributed by atoms with E-state index in [0.29, 0.717) is 47.7 Å². The average Bonchev–Trinajstić information content (AvgIpc) is 3.52. The second-order valence-corrected chi connectivity index (χ2v) is 18.9. The van der Waals surface area contributed by atoms with Gasteiger partial charge in [0.1, 0.15) is 12.4 Å². The van der Waals surface area contributed by atoms with Crippen molar-refractivity contribution in [3.63, 3.8) is 0 Å². The molecule has 0 N–H and O–H groups in total. The van der Waals surface area contributed by atoms with Gasteiger partial charge in [-0.15, -0.1) is 11.8 Å². The van der Waals surface area contributed by atoms with Crippen LogP contribution in [0.5, 0.6) is 0 Å². The van der Waals surface area contributed by atoms with Crippen molar-refractivity contribution in [3.05, 3.63) is 35.2 Å². The van der Waals surface area contributed by atoms with Crippen LogP contribution in [0.15, 0.2) is 23.1 Å². The Balaban J connectivity index is 1.85. The summed E-state index contributed by atoms with van der Waals surface area (Å²) in [4.78, 5) is 34.5. The summed E-state index contributed by atoms with van der Waals surface area (Å²) in [6, 6.07) is 6.47. The minimum atomic E-state index is -1.33. The number of rotatable bonds is 13. The number of fused-ring (bicyclic) bond motifs is 1. The third-order valence-corrected chi connectivity index (χ3v) is 10.3. The van der Waals surface area contributed by atoms with Gasteiger partial charge in [0.25, 0.3) is 5.91 Å². The van der Waals surface area contributed by atoms with Crippen molar-refractivity contribution < 1.29 is 23.8 Å². The predicted octanol–water partition coefficient (Wildman–Crippen LogP) is 5.99. The van der Waals surface area contributed by atoms with Crippen LogP contribution in [0.3, 0.4) is 0 Å². The molecule has 0 aliphatic carbocycles. The van der Waals surface area contributed by atoms with E-state index in [0.717, 1.165) is 54.6 Å². The molecule has 230 valence electrons. The Labute approximate surface area is 254 Å². The molecule has 1 aliphatic heterocycles. The van der Waals surface area contributed by atoms with Gasteiger partial charge in [-0.1, -0.05) is 26.6 Å². The number of thioether (sulfide) groups is 1. The number of nitrogens with zero attached hydrogens (tertiary/aromatic N) is 5. The van der Waals surface area contributed by atoms with Crippen LogP contribution in [0.1, 0.15) is 59.7 Å². The molecule has 1 aliphatic rings. The van der Waals surface area contributed by atoms with Gasteiger partial charge in [-0.2, -0.15) is 5.10 Å². The second kappa shape index (κ2) is 14.2. The number of imidazole rings is 1. The topological polar surface area (TPSA) is 101 Å². The van der Waals surface area contributed by atoms with Crippen LogP contribution >= 0.6 is 11.8 Å². The maximum Gasteiger partial charge on any atom is 0.337 e. The summed E-state index contributed by atoms with van der Waals surface area (Å²) in [6.07, 6.45) is 2.70. The second-order valence-electron chi connectivity index (χ2n) is 11.9. The summed E-state index contributed by atoms with van der Waals surface area (Å²) < 4.78 is 20.7. The monoisotopic (exact) mass is 615 g/mol. The van der Waals surface area contributed by atoms with Gasteiger partial charge in [-0.25, -0.2) is 9.78 Å². The van der Waals surface area contributed by atoms with Crippen LogP contribution in [-0.4, -0.2) is 78.2 Å². The van der Waals surface area contributed by atoms with Crippen molar-refractivity contribution in [1.82, 2.24) is 19.3 Å². The Morgan fingerprint density at radius 1 is 1.17 bits per heavy atom. The van der Waals surface area contributed by atoms with Crippen LogP contribution in [0.4, 0.5) is 5.95 Å². The molecular formula is C30H45N5O5SSi. The van der Waals surface area contributed by atoms with Crippen molar-refractivity contribution in [1.29, 1.82) is 0 Å². The van der Waals surface area contributed by atoms with Crippen molar-refractivity contribution in [2.24, 2.45) is 0 Å². The van der Waals surface area contributed by atoms with Crippen LogP contribution < -0.4 is 4.90 Å². The van der Waals surface area contributed by atoms with E-state index >= 15 is 0 Å². The van der Waals surface area contributed by atoms with Crippen molar-refractivity contribution in [2.75, 3.05) is 38.6 Å². The first-order valence-corrected chi connectivity index (χ1v) is 19.5. The Kier molecular flexibility index (Phi) is 10.9. The molecule has 3 heterocycles. The zero-order valence-electron chi connectivity index (χ0n) is 26.1. The van der Waals surface area contributed by atoms with Gasteiger partial charge in [0.05, 0.1) is 29.4 Å². The molecule has 0 radical (unpaired) electrons. The third-order valence-electron chi connectivity index (χ3n) is 7.24. The van der Waals surface area contributed by atoms with Gasteiger partial charge in [-0.05, 0) is 57.4 Å². The summed E-state index contributed by atoms with van der Waals surface area (Å²) >= 11 is 1.75. The maximum atomic E-state index is 14.2. The highest BCUT2D eigenvalue weighted by Gasteiger charge is 2.29. The molecule has 1 saturated heterocycles. The number of aryl methyl sites for hydroxylation is 3. The summed E-state index contributed by atoms with van der Waals surface area (Å²) in [5, 5.41) is 4.87. The van der Waals surface area contributed by atoms with E-state index in [9.17, 15) is 9.59 Å². The Morgan fingerprint density at radius 3 is 2.55 bits per heavy atom. The van der Waals surface area contributed by atoms with E-state index in [1.54, 1.807) is 27.4 Å². The molecule has 4 rings (SSSR count). The molecule has 0 bridgehead atoms. The number of carbonyl (C=O) groups excluding carboxylic acids is 2. The number of benzene rings is 1. The summed E-state index contributed by atoms with van der Waals surface area (Å²) in [7, 11) is 0.0552. The van der Waals surface area contributed by atoms with Crippen molar-refractivity contribution in [3.8, 4) is 0 Å². The van der Waals surface area contributed by atoms with Crippen LogP contribution in [-0.2, 0) is 27.3 Å². The fourth-order valence-electron chi connectivity index (χ4n) is 5.00. The first-order valence-electron chi connectivity index (χ1n) is 14.9. The van der Waals surface area contributed by atoms with E-state index in [-0.39, 0.29) is 12.6 Å². The lowest BCUT2D eigenvalue weighted by Crippen LogP contribution is -2.37. The van der Waals surface area contributed by atoms with E-state index in [1.165, 1.54) is 7.11 Å². The number of amides is 1. The molecule has 1 fully saturated rings. The molecule has 10 nitrogen and oxygen atoms in total. The number of ether oxygens (including phenoxy) is 3. The lowest BCUT2D eigenvalue weighted by molar-refractivity contribution is 0.0600. The fourth-order valence-corrected chi connectivity index (χ4v) is 7.06. The first-order chi connectivity index (χ1) is 20.1. The minimum absolute atomic E-state index is 0.0661. The zero-order chi connectivity index (χ0) is 30.4.